The Hall–Kier alpha value is -16.8. The molecule has 4 aliphatic rings. The molecule has 4 aliphatic carbocycles. The van der Waals surface area contributed by atoms with Crippen molar-refractivity contribution in [2.75, 3.05) is 9.80 Å². The van der Waals surface area contributed by atoms with Gasteiger partial charge in [-0.1, -0.05) is 438 Å². The number of nitrogens with zero attached hydrogens (tertiary/aromatic N) is 2. The van der Waals surface area contributed by atoms with Crippen molar-refractivity contribution in [1.82, 2.24) is 0 Å². The molecule has 0 saturated heterocycles. The van der Waals surface area contributed by atoms with E-state index in [-0.39, 0.29) is 5.41 Å². The van der Waals surface area contributed by atoms with Gasteiger partial charge in [-0.05, 0) is 235 Å². The maximum atomic E-state index is 6.46. The van der Waals surface area contributed by atoms with Crippen molar-refractivity contribution in [2.45, 2.75) is 35.5 Å². The summed E-state index contributed by atoms with van der Waals surface area (Å²) in [5.74, 6) is 0. The van der Waals surface area contributed by atoms with E-state index >= 15 is 0 Å². The van der Waals surface area contributed by atoms with Gasteiger partial charge in [0, 0.05) is 76.0 Å². The van der Waals surface area contributed by atoms with Crippen LogP contribution in [0.2, 0.25) is 0 Å². The standard InChI is InChI=1S/C68H45NS.C64H45NO/c1-4-19-46(20-5-1)47-35-39-51(40-36-47)69(52-41-37-48(38-42-52)54-27-18-28-57-56-26-11-17-34-65(56)70-66(54)57)53-43-44-60-58(45-53)55-25-10-12-29-59(55)68(60)63-32-15-13-30-61(63)67(49-21-6-2-7-22-49,50-23-8-3-9-24-50)62-31-14-16-33-64(62)68;1-63(2)55-24-9-11-26-57(55)64(58-27-12-10-25-56(58)63)54-23-8-6-19-53(54)61-49(20-15-28-59(61)64)44-32-38-47(39-33-44)65(46-36-30-43(31-37-46)42-16-4-3-5-17-42)48-40-34-45(35-41-48)50-21-14-22-52-51-18-7-13-29-60(51)66-62(50)52/h1-45H;3-41H,1-2H3. The highest BCUT2D eigenvalue weighted by atomic mass is 32.1. The van der Waals surface area contributed by atoms with Crippen LogP contribution >= 0.6 is 11.3 Å². The molecular formula is C132H90N2OS. The highest BCUT2D eigenvalue weighted by molar-refractivity contribution is 7.26. The zero-order chi connectivity index (χ0) is 90.2. The van der Waals surface area contributed by atoms with E-state index in [9.17, 15) is 0 Å². The summed E-state index contributed by atoms with van der Waals surface area (Å²) in [4.78, 5) is 4.80. The molecule has 0 atom stereocenters. The third-order valence-electron chi connectivity index (χ3n) is 29.8. The van der Waals surface area contributed by atoms with E-state index in [1.165, 1.54) is 165 Å². The first kappa shape index (κ1) is 80.1. The molecule has 23 aromatic rings. The van der Waals surface area contributed by atoms with E-state index in [2.05, 4.69) is 521 Å². The first-order chi connectivity index (χ1) is 67.2. The highest BCUT2D eigenvalue weighted by Gasteiger charge is 2.58. The van der Waals surface area contributed by atoms with Gasteiger partial charge in [-0.2, -0.15) is 0 Å². The van der Waals surface area contributed by atoms with Crippen molar-refractivity contribution in [3.63, 3.8) is 0 Å². The number of thiophene rings is 1. The fourth-order valence-corrected chi connectivity index (χ4v) is 25.2. The fraction of sp³-hybridized carbons (Fsp3) is 0.0455. The summed E-state index contributed by atoms with van der Waals surface area (Å²) in [6.45, 7) is 4.77. The van der Waals surface area contributed by atoms with Gasteiger partial charge in [0.2, 0.25) is 0 Å². The van der Waals surface area contributed by atoms with Gasteiger partial charge < -0.3 is 14.2 Å². The Morgan fingerprint density at radius 2 is 0.522 bits per heavy atom. The number of para-hydroxylation sites is 2. The van der Waals surface area contributed by atoms with E-state index in [0.29, 0.717) is 0 Å². The molecule has 0 fully saturated rings. The molecule has 0 saturated carbocycles. The number of hydrogen-bond acceptors (Lipinski definition) is 4. The Morgan fingerprint density at radius 3 is 1.05 bits per heavy atom. The van der Waals surface area contributed by atoms with Gasteiger partial charge >= 0.3 is 0 Å². The molecule has 2 aromatic heterocycles. The molecule has 2 heterocycles. The van der Waals surface area contributed by atoms with Crippen LogP contribution in [0.25, 0.3) is 120 Å². The largest absolute Gasteiger partial charge is 0.455 e. The summed E-state index contributed by atoms with van der Waals surface area (Å²) in [6.07, 6.45) is 0. The van der Waals surface area contributed by atoms with Gasteiger partial charge in [0.25, 0.3) is 0 Å². The second-order valence-corrected chi connectivity index (χ2v) is 38.1. The van der Waals surface area contributed by atoms with Gasteiger partial charge in [0.15, 0.2) is 0 Å². The molecule has 0 aliphatic heterocycles. The molecule has 640 valence electrons. The number of furan rings is 1. The van der Waals surface area contributed by atoms with Crippen LogP contribution in [0.5, 0.6) is 0 Å². The summed E-state index contributed by atoms with van der Waals surface area (Å²) in [5, 5.41) is 4.90. The highest BCUT2D eigenvalue weighted by Crippen LogP contribution is 2.67. The lowest BCUT2D eigenvalue weighted by atomic mass is 9.51. The van der Waals surface area contributed by atoms with Crippen molar-refractivity contribution in [1.29, 1.82) is 0 Å². The Kier molecular flexibility index (Phi) is 18.9. The Morgan fingerprint density at radius 1 is 0.199 bits per heavy atom. The molecule has 0 radical (unpaired) electrons. The Bertz CT molecular complexity index is 8450. The molecule has 0 unspecified atom stereocenters. The van der Waals surface area contributed by atoms with Gasteiger partial charge in [-0.15, -0.1) is 11.3 Å². The van der Waals surface area contributed by atoms with E-state index in [1.807, 2.05) is 23.5 Å². The van der Waals surface area contributed by atoms with E-state index in [4.69, 9.17) is 4.42 Å². The first-order valence-electron chi connectivity index (χ1n) is 47.2. The summed E-state index contributed by atoms with van der Waals surface area (Å²) >= 11 is 1.88. The van der Waals surface area contributed by atoms with Crippen molar-refractivity contribution < 1.29 is 4.42 Å². The van der Waals surface area contributed by atoms with Gasteiger partial charge in [-0.25, -0.2) is 0 Å². The van der Waals surface area contributed by atoms with E-state index < -0.39 is 16.2 Å². The smallest absolute Gasteiger partial charge is 0.143 e. The van der Waals surface area contributed by atoms with Crippen LogP contribution in [0.15, 0.2) is 514 Å². The topological polar surface area (TPSA) is 19.6 Å². The SMILES string of the molecule is CC1(C)c2ccccc2C2(c3ccccc3-c3c(-c4ccc(N(c5ccc(-c6ccccc6)cc5)c5ccc(-c6cccc7c6oc6ccccc67)cc5)cc4)cccc32)c2ccccc21.c1ccc(-c2ccc(N(c3ccc(-c4cccc5c4sc4ccccc45)cc3)c3ccc4c(c3)-c3ccccc3C43c4ccccc4C(c4ccccc4)(c4ccccc4)c4ccccc43)cc2)cc1. The van der Waals surface area contributed by atoms with Crippen LogP contribution in [-0.2, 0) is 21.7 Å². The first-order valence-corrected chi connectivity index (χ1v) is 48.1. The average molecular weight is 1750 g/mol. The predicted molar refractivity (Wildman–Crippen MR) is 568 cm³/mol. The summed E-state index contributed by atoms with van der Waals surface area (Å²) < 4.78 is 9.10. The Labute approximate surface area is 796 Å². The van der Waals surface area contributed by atoms with Crippen molar-refractivity contribution in [3.05, 3.63) is 587 Å². The van der Waals surface area contributed by atoms with Crippen LogP contribution in [-0.4, -0.2) is 0 Å². The van der Waals surface area contributed by atoms with Crippen molar-refractivity contribution >= 4 is 87.6 Å². The van der Waals surface area contributed by atoms with Crippen LogP contribution in [0.1, 0.15) is 91.7 Å². The van der Waals surface area contributed by atoms with Gasteiger partial charge in [0.05, 0.1) is 16.2 Å². The maximum Gasteiger partial charge on any atom is 0.143 e. The molecule has 0 N–H and O–H groups in total. The lowest BCUT2D eigenvalue weighted by Crippen LogP contribution is -2.44. The number of rotatable bonds is 13. The number of hydrogen-bond donors (Lipinski definition) is 0. The third kappa shape index (κ3) is 12.2. The molecule has 2 spiro atoms. The number of fused-ring (bicyclic) bond motifs is 24. The molecule has 3 nitrogen and oxygen atoms in total. The second kappa shape index (κ2) is 32.0. The van der Waals surface area contributed by atoms with Crippen LogP contribution < -0.4 is 9.80 Å². The zero-order valence-electron chi connectivity index (χ0n) is 75.2. The maximum absolute atomic E-state index is 6.46. The molecule has 136 heavy (non-hydrogen) atoms. The minimum atomic E-state index is -0.567. The summed E-state index contributed by atoms with van der Waals surface area (Å²) in [7, 11) is 0. The Balaban J connectivity index is 0.000000141. The predicted octanol–water partition coefficient (Wildman–Crippen LogP) is 35.0. The minimum absolute atomic E-state index is 0.139. The van der Waals surface area contributed by atoms with Crippen molar-refractivity contribution in [3.8, 4) is 77.9 Å². The quantitative estimate of drug-likeness (QED) is 0.115. The van der Waals surface area contributed by atoms with Gasteiger partial charge in [-0.3, -0.25) is 0 Å². The molecule has 0 amide bonds. The minimum Gasteiger partial charge on any atom is -0.455 e. The van der Waals surface area contributed by atoms with Crippen LogP contribution in [0, 0.1) is 0 Å². The van der Waals surface area contributed by atoms with Crippen molar-refractivity contribution in [2.24, 2.45) is 0 Å². The second-order valence-electron chi connectivity index (χ2n) is 37.0. The van der Waals surface area contributed by atoms with E-state index in [0.717, 1.165) is 67.2 Å². The molecular weight excluding hydrogens is 1660 g/mol. The lowest BCUT2D eigenvalue weighted by Gasteiger charge is -2.50. The molecule has 0 bridgehead atoms. The lowest BCUT2D eigenvalue weighted by molar-refractivity contribution is 0.563. The zero-order valence-corrected chi connectivity index (χ0v) is 76.0. The van der Waals surface area contributed by atoms with Crippen LogP contribution in [0.4, 0.5) is 34.1 Å². The number of anilines is 6. The normalized spacial score (nSPS) is 13.8. The monoisotopic (exact) mass is 1750 g/mol. The third-order valence-corrected chi connectivity index (χ3v) is 31.1. The van der Waals surface area contributed by atoms with Crippen LogP contribution in [0.3, 0.4) is 0 Å². The van der Waals surface area contributed by atoms with E-state index in [1.54, 1.807) is 0 Å². The van der Waals surface area contributed by atoms with Gasteiger partial charge in [0.1, 0.15) is 11.2 Å². The molecule has 27 rings (SSSR count). The summed E-state index contributed by atoms with van der Waals surface area (Å²) in [5.41, 5.74) is 42.3. The average Bonchev–Trinajstić information content (AvgIpc) is 1.44. The number of benzene rings is 21. The fourth-order valence-electron chi connectivity index (χ4n) is 24.0. The summed E-state index contributed by atoms with van der Waals surface area (Å²) in [6, 6.07) is 189. The molecule has 21 aromatic carbocycles. The molecule has 4 heteroatoms.